The summed E-state index contributed by atoms with van der Waals surface area (Å²) in [5.74, 6) is -0.388. The van der Waals surface area contributed by atoms with Crippen molar-refractivity contribution in [2.75, 3.05) is 27.4 Å². The van der Waals surface area contributed by atoms with Gasteiger partial charge in [0.1, 0.15) is 11.5 Å². The lowest BCUT2D eigenvalue weighted by atomic mass is 9.95. The van der Waals surface area contributed by atoms with Gasteiger partial charge in [-0.25, -0.2) is 4.98 Å². The summed E-state index contributed by atoms with van der Waals surface area (Å²) < 4.78 is 18.2. The number of ketones is 1. The first kappa shape index (κ1) is 26.1. The first-order chi connectivity index (χ1) is 17.9. The van der Waals surface area contributed by atoms with E-state index in [0.717, 1.165) is 0 Å². The van der Waals surface area contributed by atoms with E-state index in [1.165, 1.54) is 25.2 Å². The van der Waals surface area contributed by atoms with Crippen molar-refractivity contribution in [3.05, 3.63) is 76.8 Å². The lowest BCUT2D eigenvalue weighted by molar-refractivity contribution is -0.139. The topological polar surface area (TPSA) is 103 Å². The third-order valence-corrected chi connectivity index (χ3v) is 6.44. The van der Waals surface area contributed by atoms with E-state index in [2.05, 4.69) is 4.98 Å². The second-order valence-corrected chi connectivity index (χ2v) is 8.75. The van der Waals surface area contributed by atoms with Crippen LogP contribution in [0.2, 0.25) is 5.02 Å². The summed E-state index contributed by atoms with van der Waals surface area (Å²) in [5, 5.41) is 11.6. The van der Waals surface area contributed by atoms with Crippen molar-refractivity contribution in [1.29, 1.82) is 0 Å². The summed E-state index contributed by atoms with van der Waals surface area (Å²) in [7, 11) is 3.03. The zero-order valence-corrected chi connectivity index (χ0v) is 21.6. The molecule has 1 amide bonds. The van der Waals surface area contributed by atoms with Gasteiger partial charge in [-0.15, -0.1) is 0 Å². The number of benzene rings is 2. The number of carbonyl (C=O) groups excluding carboxylic acids is 2. The average molecular weight is 526 g/mol. The number of aryl methyl sites for hydroxylation is 1. The number of ether oxygens (including phenoxy) is 3. The molecule has 194 valence electrons. The first-order valence-corrected chi connectivity index (χ1v) is 12.2. The first-order valence-electron chi connectivity index (χ1n) is 11.8. The van der Waals surface area contributed by atoms with Crippen molar-refractivity contribution in [1.82, 2.24) is 14.5 Å². The van der Waals surface area contributed by atoms with Crippen molar-refractivity contribution in [2.24, 2.45) is 0 Å². The van der Waals surface area contributed by atoms with Crippen LogP contribution >= 0.6 is 11.6 Å². The number of Topliss-reactive ketones (excluding diaryl/α,β-unsaturated/α-hetero) is 1. The minimum Gasteiger partial charge on any atom is -0.507 e. The maximum absolute atomic E-state index is 13.3. The van der Waals surface area contributed by atoms with Crippen LogP contribution in [0.4, 0.5) is 0 Å². The van der Waals surface area contributed by atoms with Gasteiger partial charge in [0.05, 0.1) is 43.8 Å². The molecule has 1 aliphatic rings. The van der Waals surface area contributed by atoms with E-state index in [0.29, 0.717) is 47.9 Å². The summed E-state index contributed by atoms with van der Waals surface area (Å²) in [6, 6.07) is 9.05. The number of likely N-dealkylation sites (tertiary alicyclic amines) is 1. The molecule has 1 aromatic heterocycles. The molecule has 2 aromatic carbocycles. The molecule has 1 unspecified atom stereocenters. The summed E-state index contributed by atoms with van der Waals surface area (Å²) in [4.78, 5) is 32.0. The molecule has 2 heterocycles. The summed E-state index contributed by atoms with van der Waals surface area (Å²) in [6.07, 6.45) is 5.77. The van der Waals surface area contributed by atoms with Crippen LogP contribution in [-0.4, -0.2) is 58.6 Å². The molecule has 0 spiro atoms. The Kier molecular flexibility index (Phi) is 8.03. The maximum atomic E-state index is 13.3. The summed E-state index contributed by atoms with van der Waals surface area (Å²) in [5.41, 5.74) is 0.869. The SMILES string of the molecule is CCOc1ccc(/C(O)=C2/C(=O)C(=O)N(CCCn3ccnc3)C2c2ccc(OC)c(OC)c2)cc1Cl. The second-order valence-electron chi connectivity index (χ2n) is 8.34. The number of methoxy groups -OCH3 is 2. The van der Waals surface area contributed by atoms with Gasteiger partial charge in [0.15, 0.2) is 11.5 Å². The van der Waals surface area contributed by atoms with Crippen LogP contribution < -0.4 is 14.2 Å². The fourth-order valence-electron chi connectivity index (χ4n) is 4.40. The fraction of sp³-hybridized carbons (Fsp3) is 0.296. The number of halogens is 1. The molecule has 0 saturated carbocycles. The van der Waals surface area contributed by atoms with Gasteiger partial charge < -0.3 is 28.8 Å². The van der Waals surface area contributed by atoms with Crippen LogP contribution in [0.15, 0.2) is 60.7 Å². The van der Waals surface area contributed by atoms with Crippen molar-refractivity contribution in [2.45, 2.75) is 25.9 Å². The largest absolute Gasteiger partial charge is 0.507 e. The van der Waals surface area contributed by atoms with Gasteiger partial charge in [-0.3, -0.25) is 9.59 Å². The minimum atomic E-state index is -0.840. The van der Waals surface area contributed by atoms with Crippen LogP contribution in [0.3, 0.4) is 0 Å². The minimum absolute atomic E-state index is 0.0277. The van der Waals surface area contributed by atoms with Gasteiger partial charge in [0, 0.05) is 31.0 Å². The van der Waals surface area contributed by atoms with E-state index in [-0.39, 0.29) is 22.9 Å². The molecular formula is C27H28ClN3O6. The Morgan fingerprint density at radius 3 is 2.46 bits per heavy atom. The van der Waals surface area contributed by atoms with Crippen molar-refractivity contribution < 1.29 is 28.9 Å². The highest BCUT2D eigenvalue weighted by Crippen LogP contribution is 2.42. The highest BCUT2D eigenvalue weighted by Gasteiger charge is 2.46. The van der Waals surface area contributed by atoms with Crippen LogP contribution in [0, 0.1) is 0 Å². The molecule has 1 aliphatic heterocycles. The highest BCUT2D eigenvalue weighted by atomic mass is 35.5. The van der Waals surface area contributed by atoms with Gasteiger partial charge in [-0.05, 0) is 49.2 Å². The standard InChI is InChI=1S/C27H28ClN3O6/c1-4-37-20-8-7-18(14-19(20)28)25(32)23-24(17-6-9-21(35-2)22(15-17)36-3)31(27(34)26(23)33)12-5-11-30-13-10-29-16-30/h6-10,13-16,24,32H,4-5,11-12H2,1-3H3/b25-23-. The predicted molar refractivity (Wildman–Crippen MR) is 138 cm³/mol. The van der Waals surface area contributed by atoms with Crippen LogP contribution in [0.25, 0.3) is 5.76 Å². The van der Waals surface area contributed by atoms with E-state index in [1.807, 2.05) is 17.7 Å². The van der Waals surface area contributed by atoms with Crippen molar-refractivity contribution in [3.63, 3.8) is 0 Å². The Balaban J connectivity index is 1.78. The smallest absolute Gasteiger partial charge is 0.295 e. The molecule has 1 saturated heterocycles. The number of imidazole rings is 1. The third kappa shape index (κ3) is 5.27. The highest BCUT2D eigenvalue weighted by molar-refractivity contribution is 6.46. The Bertz CT molecular complexity index is 1320. The molecule has 1 atom stereocenters. The Hall–Kier alpha value is -3.98. The Labute approximate surface area is 219 Å². The van der Waals surface area contributed by atoms with E-state index in [1.54, 1.807) is 42.9 Å². The Morgan fingerprint density at radius 2 is 1.81 bits per heavy atom. The van der Waals surface area contributed by atoms with E-state index < -0.39 is 17.7 Å². The molecular weight excluding hydrogens is 498 g/mol. The molecule has 0 radical (unpaired) electrons. The second kappa shape index (κ2) is 11.4. The molecule has 0 aliphatic carbocycles. The Morgan fingerprint density at radius 1 is 1.05 bits per heavy atom. The molecule has 9 nitrogen and oxygen atoms in total. The monoisotopic (exact) mass is 525 g/mol. The van der Waals surface area contributed by atoms with E-state index >= 15 is 0 Å². The predicted octanol–water partition coefficient (Wildman–Crippen LogP) is 4.46. The van der Waals surface area contributed by atoms with Crippen LogP contribution in [0.5, 0.6) is 17.2 Å². The molecule has 10 heteroatoms. The number of carbonyl (C=O) groups is 2. The number of aromatic nitrogens is 2. The molecule has 1 N–H and O–H groups in total. The number of hydrogen-bond donors (Lipinski definition) is 1. The summed E-state index contributed by atoms with van der Waals surface area (Å²) >= 11 is 6.34. The van der Waals surface area contributed by atoms with Gasteiger partial charge in [-0.1, -0.05) is 17.7 Å². The van der Waals surface area contributed by atoms with Gasteiger partial charge in [0.2, 0.25) is 0 Å². The summed E-state index contributed by atoms with van der Waals surface area (Å²) in [6.45, 7) is 3.15. The quantitative estimate of drug-likeness (QED) is 0.237. The number of rotatable bonds is 10. The molecule has 3 aromatic rings. The number of aliphatic hydroxyl groups excluding tert-OH is 1. The van der Waals surface area contributed by atoms with Gasteiger partial charge in [0.25, 0.3) is 11.7 Å². The van der Waals surface area contributed by atoms with Crippen molar-refractivity contribution >= 4 is 29.1 Å². The number of nitrogens with zero attached hydrogens (tertiary/aromatic N) is 3. The molecule has 4 rings (SSSR count). The van der Waals surface area contributed by atoms with E-state index in [4.69, 9.17) is 25.8 Å². The average Bonchev–Trinajstić information content (AvgIpc) is 3.51. The van der Waals surface area contributed by atoms with E-state index in [9.17, 15) is 14.7 Å². The van der Waals surface area contributed by atoms with Gasteiger partial charge >= 0.3 is 0 Å². The molecule has 37 heavy (non-hydrogen) atoms. The maximum Gasteiger partial charge on any atom is 0.295 e. The third-order valence-electron chi connectivity index (χ3n) is 6.14. The van der Waals surface area contributed by atoms with Crippen LogP contribution in [0.1, 0.15) is 30.5 Å². The molecule has 0 bridgehead atoms. The number of hydrogen-bond acceptors (Lipinski definition) is 7. The molecule has 1 fully saturated rings. The van der Waals surface area contributed by atoms with Gasteiger partial charge in [-0.2, -0.15) is 0 Å². The zero-order valence-electron chi connectivity index (χ0n) is 20.8. The fourth-order valence-corrected chi connectivity index (χ4v) is 4.63. The van der Waals surface area contributed by atoms with Crippen LogP contribution in [-0.2, 0) is 16.1 Å². The lowest BCUT2D eigenvalue weighted by Gasteiger charge is -2.26. The zero-order chi connectivity index (χ0) is 26.5. The number of amides is 1. The van der Waals surface area contributed by atoms with Crippen molar-refractivity contribution in [3.8, 4) is 17.2 Å². The number of aliphatic hydroxyl groups is 1. The lowest BCUT2D eigenvalue weighted by Crippen LogP contribution is -2.31. The normalized spacial score (nSPS) is 16.8.